The van der Waals surface area contributed by atoms with E-state index in [1.165, 1.54) is 27.9 Å². The molecule has 2 heterocycles. The zero-order valence-electron chi connectivity index (χ0n) is 16.3. The third-order valence-corrected chi connectivity index (χ3v) is 5.64. The molecule has 0 aliphatic heterocycles. The standard InChI is InChI=1S/C22H16ClN3O4S/c1-13-12-31-22-24-16(10-19(27)26(13)22)11-30-21(29)17-7-2-3-8-18(17)25-20(28)14-5-4-6-15(23)9-14/h2-10,12H,11H2,1H3,(H,25,28). The molecule has 4 rings (SSSR count). The van der Waals surface area contributed by atoms with E-state index in [-0.39, 0.29) is 17.7 Å². The molecular formula is C22H16ClN3O4S. The van der Waals surface area contributed by atoms with Crippen LogP contribution in [0.15, 0.2) is 64.8 Å². The van der Waals surface area contributed by atoms with Gasteiger partial charge in [0, 0.05) is 27.7 Å². The summed E-state index contributed by atoms with van der Waals surface area (Å²) in [5, 5.41) is 4.97. The second-order valence-electron chi connectivity index (χ2n) is 6.67. The van der Waals surface area contributed by atoms with Gasteiger partial charge < -0.3 is 10.1 Å². The number of esters is 1. The summed E-state index contributed by atoms with van der Waals surface area (Å²) in [6.07, 6.45) is 0. The van der Waals surface area contributed by atoms with Gasteiger partial charge in [0.2, 0.25) is 0 Å². The molecule has 0 atom stereocenters. The summed E-state index contributed by atoms with van der Waals surface area (Å²) in [6.45, 7) is 1.65. The lowest BCUT2D eigenvalue weighted by Crippen LogP contribution is -2.17. The molecular weight excluding hydrogens is 438 g/mol. The number of amides is 1. The number of anilines is 1. The molecule has 31 heavy (non-hydrogen) atoms. The monoisotopic (exact) mass is 453 g/mol. The lowest BCUT2D eigenvalue weighted by atomic mass is 10.1. The first-order chi connectivity index (χ1) is 14.9. The number of nitrogens with one attached hydrogen (secondary N) is 1. The van der Waals surface area contributed by atoms with Crippen molar-refractivity contribution >= 4 is 45.5 Å². The lowest BCUT2D eigenvalue weighted by Gasteiger charge is -2.11. The molecule has 156 valence electrons. The van der Waals surface area contributed by atoms with Gasteiger partial charge in [-0.15, -0.1) is 11.3 Å². The number of halogens is 1. The minimum absolute atomic E-state index is 0.169. The van der Waals surface area contributed by atoms with Crippen LogP contribution in [-0.4, -0.2) is 21.3 Å². The van der Waals surface area contributed by atoms with Crippen molar-refractivity contribution in [2.75, 3.05) is 5.32 Å². The molecule has 0 aliphatic rings. The first kappa shape index (κ1) is 20.8. The molecule has 0 bridgehead atoms. The predicted octanol–water partition coefficient (Wildman–Crippen LogP) is 4.33. The summed E-state index contributed by atoms with van der Waals surface area (Å²) in [7, 11) is 0. The smallest absolute Gasteiger partial charge is 0.340 e. The molecule has 0 aliphatic carbocycles. The summed E-state index contributed by atoms with van der Waals surface area (Å²) >= 11 is 7.27. The Morgan fingerprint density at radius 3 is 2.77 bits per heavy atom. The average molecular weight is 454 g/mol. The minimum Gasteiger partial charge on any atom is -0.456 e. The molecule has 0 fully saturated rings. The summed E-state index contributed by atoms with van der Waals surface area (Å²) < 4.78 is 6.85. The molecule has 0 saturated heterocycles. The number of hydrogen-bond acceptors (Lipinski definition) is 6. The van der Waals surface area contributed by atoms with Crippen molar-refractivity contribution in [3.8, 4) is 0 Å². The normalized spacial score (nSPS) is 10.8. The van der Waals surface area contributed by atoms with Crippen LogP contribution in [0.1, 0.15) is 32.1 Å². The Morgan fingerprint density at radius 2 is 1.97 bits per heavy atom. The van der Waals surface area contributed by atoms with Crippen LogP contribution in [0.4, 0.5) is 5.69 Å². The number of para-hydroxylation sites is 1. The van der Waals surface area contributed by atoms with E-state index in [2.05, 4.69) is 10.3 Å². The maximum atomic E-state index is 12.7. The fourth-order valence-electron chi connectivity index (χ4n) is 2.99. The van der Waals surface area contributed by atoms with Crippen LogP contribution in [0.2, 0.25) is 5.02 Å². The van der Waals surface area contributed by atoms with Gasteiger partial charge in [-0.25, -0.2) is 9.78 Å². The summed E-state index contributed by atoms with van der Waals surface area (Å²) in [6, 6.07) is 14.3. The Bertz CT molecular complexity index is 1360. The van der Waals surface area contributed by atoms with Gasteiger partial charge in [0.15, 0.2) is 4.96 Å². The van der Waals surface area contributed by atoms with Crippen LogP contribution in [-0.2, 0) is 11.3 Å². The van der Waals surface area contributed by atoms with Crippen LogP contribution >= 0.6 is 22.9 Å². The highest BCUT2D eigenvalue weighted by atomic mass is 35.5. The minimum atomic E-state index is -0.647. The maximum absolute atomic E-state index is 12.7. The number of fused-ring (bicyclic) bond motifs is 1. The third kappa shape index (κ3) is 4.50. The van der Waals surface area contributed by atoms with E-state index in [0.717, 1.165) is 5.69 Å². The van der Waals surface area contributed by atoms with Gasteiger partial charge in [0.25, 0.3) is 11.5 Å². The quantitative estimate of drug-likeness (QED) is 0.454. The van der Waals surface area contributed by atoms with Gasteiger partial charge in [-0.2, -0.15) is 0 Å². The van der Waals surface area contributed by atoms with Crippen LogP contribution < -0.4 is 10.9 Å². The number of thiazole rings is 1. The second-order valence-corrected chi connectivity index (χ2v) is 7.94. The Kier molecular flexibility index (Phi) is 5.83. The Labute approximate surface area is 185 Å². The van der Waals surface area contributed by atoms with Crippen molar-refractivity contribution < 1.29 is 14.3 Å². The van der Waals surface area contributed by atoms with Gasteiger partial charge in [0.05, 0.1) is 16.9 Å². The second kappa shape index (κ2) is 8.71. The summed E-state index contributed by atoms with van der Waals surface area (Å²) in [4.78, 5) is 42.3. The van der Waals surface area contributed by atoms with E-state index in [1.54, 1.807) is 42.5 Å². The summed E-state index contributed by atoms with van der Waals surface area (Å²) in [5.74, 6) is -1.05. The molecule has 0 spiro atoms. The zero-order chi connectivity index (χ0) is 22.0. The Hall–Kier alpha value is -3.49. The third-order valence-electron chi connectivity index (χ3n) is 4.46. The number of nitrogens with zero attached hydrogens (tertiary/aromatic N) is 2. The molecule has 2 aromatic heterocycles. The Balaban J connectivity index is 1.50. The highest BCUT2D eigenvalue weighted by Crippen LogP contribution is 2.19. The van der Waals surface area contributed by atoms with Crippen LogP contribution in [0.3, 0.4) is 0 Å². The van der Waals surface area contributed by atoms with Crippen LogP contribution in [0, 0.1) is 6.92 Å². The fourth-order valence-corrected chi connectivity index (χ4v) is 4.07. The van der Waals surface area contributed by atoms with Gasteiger partial charge in [-0.3, -0.25) is 14.0 Å². The molecule has 2 aromatic carbocycles. The topological polar surface area (TPSA) is 89.8 Å². The number of carbonyl (C=O) groups is 2. The van der Waals surface area contributed by atoms with E-state index in [1.807, 2.05) is 12.3 Å². The molecule has 7 nitrogen and oxygen atoms in total. The van der Waals surface area contributed by atoms with Gasteiger partial charge >= 0.3 is 5.97 Å². The fraction of sp³-hybridized carbons (Fsp3) is 0.0909. The highest BCUT2D eigenvalue weighted by molar-refractivity contribution is 7.15. The molecule has 9 heteroatoms. The molecule has 0 radical (unpaired) electrons. The lowest BCUT2D eigenvalue weighted by molar-refractivity contribution is 0.0469. The average Bonchev–Trinajstić information content (AvgIpc) is 3.13. The summed E-state index contributed by atoms with van der Waals surface area (Å²) in [5.41, 5.74) is 1.76. The van der Waals surface area contributed by atoms with Crippen molar-refractivity contribution in [1.82, 2.24) is 9.38 Å². The molecule has 0 unspecified atom stereocenters. The van der Waals surface area contributed by atoms with Crippen molar-refractivity contribution in [2.45, 2.75) is 13.5 Å². The highest BCUT2D eigenvalue weighted by Gasteiger charge is 2.16. The first-order valence-corrected chi connectivity index (χ1v) is 10.5. The van der Waals surface area contributed by atoms with Gasteiger partial charge in [-0.1, -0.05) is 29.8 Å². The van der Waals surface area contributed by atoms with E-state index < -0.39 is 11.9 Å². The van der Waals surface area contributed by atoms with Crippen molar-refractivity contribution in [2.24, 2.45) is 0 Å². The van der Waals surface area contributed by atoms with Gasteiger partial charge in [0.1, 0.15) is 6.61 Å². The number of rotatable bonds is 5. The zero-order valence-corrected chi connectivity index (χ0v) is 17.9. The first-order valence-electron chi connectivity index (χ1n) is 9.22. The molecule has 0 saturated carbocycles. The molecule has 4 aromatic rings. The van der Waals surface area contributed by atoms with E-state index in [9.17, 15) is 14.4 Å². The molecule has 1 amide bonds. The number of aryl methyl sites for hydroxylation is 1. The van der Waals surface area contributed by atoms with Crippen molar-refractivity contribution in [3.05, 3.63) is 97.9 Å². The largest absolute Gasteiger partial charge is 0.456 e. The van der Waals surface area contributed by atoms with E-state index in [0.29, 0.717) is 26.9 Å². The van der Waals surface area contributed by atoms with Crippen LogP contribution in [0.5, 0.6) is 0 Å². The SMILES string of the molecule is Cc1csc2nc(COC(=O)c3ccccc3NC(=O)c3cccc(Cl)c3)cc(=O)n12. The van der Waals surface area contributed by atoms with Crippen LogP contribution in [0.25, 0.3) is 4.96 Å². The van der Waals surface area contributed by atoms with Crippen molar-refractivity contribution in [1.29, 1.82) is 0 Å². The Morgan fingerprint density at radius 1 is 1.16 bits per heavy atom. The number of benzene rings is 2. The maximum Gasteiger partial charge on any atom is 0.340 e. The number of aromatic nitrogens is 2. The van der Waals surface area contributed by atoms with E-state index in [4.69, 9.17) is 16.3 Å². The number of hydrogen-bond donors (Lipinski definition) is 1. The number of ether oxygens (including phenoxy) is 1. The van der Waals surface area contributed by atoms with E-state index >= 15 is 0 Å². The van der Waals surface area contributed by atoms with Gasteiger partial charge in [-0.05, 0) is 37.3 Å². The van der Waals surface area contributed by atoms with Crippen molar-refractivity contribution in [3.63, 3.8) is 0 Å². The predicted molar refractivity (Wildman–Crippen MR) is 119 cm³/mol. The molecule has 1 N–H and O–H groups in total. The number of carbonyl (C=O) groups excluding carboxylic acids is 2.